The smallest absolute Gasteiger partial charge is 0.225 e. The highest BCUT2D eigenvalue weighted by Gasteiger charge is 2.52. The second kappa shape index (κ2) is 5.32. The number of piperidine rings is 1. The predicted molar refractivity (Wildman–Crippen MR) is 83.2 cm³/mol. The largest absolute Gasteiger partial charge is 0.348 e. The highest BCUT2D eigenvalue weighted by molar-refractivity contribution is 5.83. The first-order chi connectivity index (χ1) is 11.1. The van der Waals surface area contributed by atoms with Crippen molar-refractivity contribution in [3.63, 3.8) is 0 Å². The van der Waals surface area contributed by atoms with Crippen LogP contribution in [0.2, 0.25) is 0 Å². The minimum atomic E-state index is -0.512. The van der Waals surface area contributed by atoms with Gasteiger partial charge in [-0.25, -0.2) is 4.39 Å². The first-order valence-corrected chi connectivity index (χ1v) is 8.43. The number of rotatable bonds is 2. The van der Waals surface area contributed by atoms with E-state index in [1.807, 2.05) is 11.0 Å². The van der Waals surface area contributed by atoms with Gasteiger partial charge in [0.2, 0.25) is 11.8 Å². The Labute approximate surface area is 135 Å². The van der Waals surface area contributed by atoms with Gasteiger partial charge in [-0.05, 0) is 37.3 Å². The van der Waals surface area contributed by atoms with Crippen molar-refractivity contribution in [3.8, 4) is 0 Å². The summed E-state index contributed by atoms with van der Waals surface area (Å²) < 4.78 is 14.4. The Morgan fingerprint density at radius 1 is 1.30 bits per heavy atom. The summed E-state index contributed by atoms with van der Waals surface area (Å²) >= 11 is 0. The average Bonchev–Trinajstić information content (AvgIpc) is 3.31. The Morgan fingerprint density at radius 3 is 2.78 bits per heavy atom. The number of amides is 2. The van der Waals surface area contributed by atoms with E-state index in [2.05, 4.69) is 5.32 Å². The van der Waals surface area contributed by atoms with Crippen LogP contribution in [0.15, 0.2) is 24.3 Å². The molecule has 2 heterocycles. The lowest BCUT2D eigenvalue weighted by Gasteiger charge is -2.39. The minimum absolute atomic E-state index is 0.0123. The van der Waals surface area contributed by atoms with E-state index in [9.17, 15) is 14.0 Å². The highest BCUT2D eigenvalue weighted by Crippen LogP contribution is 2.44. The number of likely N-dealkylation sites (tertiary alicyclic amines) is 1. The number of carbonyl (C=O) groups excluding carboxylic acids is 2. The number of benzene rings is 1. The lowest BCUT2D eigenvalue weighted by Crippen LogP contribution is -2.56. The van der Waals surface area contributed by atoms with Crippen LogP contribution in [-0.4, -0.2) is 35.3 Å². The van der Waals surface area contributed by atoms with Crippen molar-refractivity contribution in [1.29, 1.82) is 0 Å². The third kappa shape index (κ3) is 2.52. The summed E-state index contributed by atoms with van der Waals surface area (Å²) in [5.41, 5.74) is 0.100. The first-order valence-electron chi connectivity index (χ1n) is 8.43. The normalized spacial score (nSPS) is 30.6. The minimum Gasteiger partial charge on any atom is -0.348 e. The number of carbonyl (C=O) groups is 2. The molecule has 5 heteroatoms. The molecule has 1 aliphatic carbocycles. The van der Waals surface area contributed by atoms with Gasteiger partial charge in [-0.15, -0.1) is 0 Å². The molecule has 0 bridgehead atoms. The summed E-state index contributed by atoms with van der Waals surface area (Å²) in [6, 6.07) is 6.74. The fourth-order valence-electron chi connectivity index (χ4n) is 4.17. The van der Waals surface area contributed by atoms with Gasteiger partial charge < -0.3 is 10.2 Å². The zero-order chi connectivity index (χ0) is 16.0. The fourth-order valence-corrected chi connectivity index (χ4v) is 4.17. The van der Waals surface area contributed by atoms with Gasteiger partial charge in [0.25, 0.3) is 0 Å². The van der Waals surface area contributed by atoms with Crippen LogP contribution in [0.4, 0.5) is 4.39 Å². The highest BCUT2D eigenvalue weighted by atomic mass is 19.1. The fraction of sp³-hybridized carbons (Fsp3) is 0.556. The maximum Gasteiger partial charge on any atom is 0.225 e. The zero-order valence-electron chi connectivity index (χ0n) is 13.1. The van der Waals surface area contributed by atoms with Crippen molar-refractivity contribution in [2.45, 2.75) is 43.6 Å². The number of hydrogen-bond donors (Lipinski definition) is 1. The van der Waals surface area contributed by atoms with Gasteiger partial charge in [-0.2, -0.15) is 0 Å². The maximum absolute atomic E-state index is 14.4. The van der Waals surface area contributed by atoms with Crippen LogP contribution < -0.4 is 5.32 Å². The standard InChI is InChI=1S/C18H21FN2O2/c19-15-5-2-1-4-13(15)14-10-21(17(23)12-7-8-12)11-18(14)9-3-6-16(22)20-18/h1-2,4-5,12,14H,3,6-11H2,(H,20,22)/t14-,18+/m0/s1. The molecule has 23 heavy (non-hydrogen) atoms. The topological polar surface area (TPSA) is 49.4 Å². The van der Waals surface area contributed by atoms with Crippen LogP contribution in [0.5, 0.6) is 0 Å². The first kappa shape index (κ1) is 14.7. The van der Waals surface area contributed by atoms with E-state index in [0.29, 0.717) is 25.1 Å². The molecule has 0 unspecified atom stereocenters. The van der Waals surface area contributed by atoms with Gasteiger partial charge in [0.05, 0.1) is 5.54 Å². The number of halogens is 1. The summed E-state index contributed by atoms with van der Waals surface area (Å²) in [6.45, 7) is 1.00. The summed E-state index contributed by atoms with van der Waals surface area (Å²) in [4.78, 5) is 26.3. The molecule has 2 atom stereocenters. The van der Waals surface area contributed by atoms with Crippen LogP contribution >= 0.6 is 0 Å². The molecule has 4 rings (SSSR count). The molecular weight excluding hydrogens is 295 g/mol. The molecule has 2 amide bonds. The quantitative estimate of drug-likeness (QED) is 0.909. The summed E-state index contributed by atoms with van der Waals surface area (Å²) in [7, 11) is 0. The zero-order valence-corrected chi connectivity index (χ0v) is 13.1. The van der Waals surface area contributed by atoms with Crippen molar-refractivity contribution >= 4 is 11.8 Å². The average molecular weight is 316 g/mol. The van der Waals surface area contributed by atoms with Crippen LogP contribution in [0.25, 0.3) is 0 Å². The van der Waals surface area contributed by atoms with Crippen LogP contribution in [0.3, 0.4) is 0 Å². The summed E-state index contributed by atoms with van der Waals surface area (Å²) in [5, 5.41) is 3.11. The number of nitrogens with zero attached hydrogens (tertiary/aromatic N) is 1. The molecule has 0 radical (unpaired) electrons. The monoisotopic (exact) mass is 316 g/mol. The number of hydrogen-bond acceptors (Lipinski definition) is 2. The van der Waals surface area contributed by atoms with E-state index in [0.717, 1.165) is 25.7 Å². The molecule has 2 aliphatic heterocycles. The van der Waals surface area contributed by atoms with Gasteiger partial charge in [0, 0.05) is 31.3 Å². The second-order valence-electron chi connectivity index (χ2n) is 7.13. The van der Waals surface area contributed by atoms with E-state index < -0.39 is 5.54 Å². The predicted octanol–water partition coefficient (Wildman–Crippen LogP) is 2.20. The van der Waals surface area contributed by atoms with Gasteiger partial charge in [-0.1, -0.05) is 18.2 Å². The van der Waals surface area contributed by atoms with E-state index in [1.165, 1.54) is 6.07 Å². The molecule has 0 aromatic heterocycles. The molecule has 3 aliphatic rings. The van der Waals surface area contributed by atoms with Crippen molar-refractivity contribution in [2.75, 3.05) is 13.1 Å². The van der Waals surface area contributed by atoms with Crippen molar-refractivity contribution < 1.29 is 14.0 Å². The van der Waals surface area contributed by atoms with Gasteiger partial charge in [0.1, 0.15) is 5.82 Å². The van der Waals surface area contributed by atoms with Gasteiger partial charge in [0.15, 0.2) is 0 Å². The molecule has 3 fully saturated rings. The van der Waals surface area contributed by atoms with Crippen LogP contribution in [0.1, 0.15) is 43.6 Å². The van der Waals surface area contributed by atoms with Crippen molar-refractivity contribution in [3.05, 3.63) is 35.6 Å². The SMILES string of the molecule is O=C1CCC[C@]2(CN(C(=O)C3CC3)C[C@H]2c2ccccc2F)N1. The lowest BCUT2D eigenvalue weighted by molar-refractivity contribution is -0.132. The van der Waals surface area contributed by atoms with Crippen molar-refractivity contribution in [1.82, 2.24) is 10.2 Å². The molecule has 1 saturated carbocycles. The molecule has 1 aromatic rings. The molecule has 2 saturated heterocycles. The molecule has 4 nitrogen and oxygen atoms in total. The van der Waals surface area contributed by atoms with E-state index in [4.69, 9.17) is 0 Å². The Hall–Kier alpha value is -1.91. The van der Waals surface area contributed by atoms with Crippen LogP contribution in [0, 0.1) is 11.7 Å². The Bertz CT molecular complexity index is 658. The Balaban J connectivity index is 1.69. The maximum atomic E-state index is 14.4. The molecule has 1 spiro atoms. The lowest BCUT2D eigenvalue weighted by atomic mass is 9.76. The number of nitrogens with one attached hydrogen (secondary N) is 1. The third-order valence-corrected chi connectivity index (χ3v) is 5.48. The second-order valence-corrected chi connectivity index (χ2v) is 7.13. The molecular formula is C18H21FN2O2. The van der Waals surface area contributed by atoms with Crippen LogP contribution in [-0.2, 0) is 9.59 Å². The van der Waals surface area contributed by atoms with E-state index in [1.54, 1.807) is 12.1 Å². The Kier molecular flexibility index (Phi) is 3.39. The van der Waals surface area contributed by atoms with E-state index in [-0.39, 0.29) is 29.5 Å². The third-order valence-electron chi connectivity index (χ3n) is 5.48. The van der Waals surface area contributed by atoms with E-state index >= 15 is 0 Å². The van der Waals surface area contributed by atoms with Gasteiger partial charge >= 0.3 is 0 Å². The molecule has 122 valence electrons. The Morgan fingerprint density at radius 2 is 2.09 bits per heavy atom. The summed E-state index contributed by atoms with van der Waals surface area (Å²) in [6.07, 6.45) is 4.02. The van der Waals surface area contributed by atoms with Gasteiger partial charge in [-0.3, -0.25) is 9.59 Å². The summed E-state index contributed by atoms with van der Waals surface area (Å²) in [5.74, 6) is -0.0971. The molecule has 1 aromatic carbocycles. The van der Waals surface area contributed by atoms with Crippen molar-refractivity contribution in [2.24, 2.45) is 5.92 Å². The molecule has 1 N–H and O–H groups in total.